The van der Waals surface area contributed by atoms with Crippen LogP contribution in [0, 0.1) is 11.7 Å². The molecule has 0 unspecified atom stereocenters. The second kappa shape index (κ2) is 5.71. The highest BCUT2D eigenvalue weighted by atomic mass is 79.9. The van der Waals surface area contributed by atoms with Gasteiger partial charge in [-0.15, -0.1) is 0 Å². The van der Waals surface area contributed by atoms with E-state index in [1.165, 1.54) is 44.2 Å². The molecule has 0 radical (unpaired) electrons. The number of halogens is 2. The summed E-state index contributed by atoms with van der Waals surface area (Å²) in [6.45, 7) is 0.675. The van der Waals surface area contributed by atoms with Crippen molar-refractivity contribution in [1.29, 1.82) is 0 Å². The maximum Gasteiger partial charge on any atom is 0.156 e. The SMILES string of the molecule is Nc1cc(F)cc(Br)c1OCC1CCCCC1. The lowest BCUT2D eigenvalue weighted by Crippen LogP contribution is -2.16. The summed E-state index contributed by atoms with van der Waals surface area (Å²) in [4.78, 5) is 0. The predicted molar refractivity (Wildman–Crippen MR) is 70.6 cm³/mol. The van der Waals surface area contributed by atoms with E-state index < -0.39 is 0 Å². The van der Waals surface area contributed by atoms with E-state index in [1.54, 1.807) is 0 Å². The molecule has 17 heavy (non-hydrogen) atoms. The summed E-state index contributed by atoms with van der Waals surface area (Å²) in [5, 5.41) is 0. The van der Waals surface area contributed by atoms with Gasteiger partial charge in [-0.2, -0.15) is 0 Å². The first-order valence-corrected chi connectivity index (χ1v) is 6.83. The molecule has 94 valence electrons. The van der Waals surface area contributed by atoms with Gasteiger partial charge in [0.2, 0.25) is 0 Å². The van der Waals surface area contributed by atoms with Gasteiger partial charge in [0.1, 0.15) is 5.82 Å². The minimum atomic E-state index is -0.348. The number of benzene rings is 1. The van der Waals surface area contributed by atoms with Crippen molar-refractivity contribution in [3.05, 3.63) is 22.4 Å². The fraction of sp³-hybridized carbons (Fsp3) is 0.538. The Hall–Kier alpha value is -0.770. The molecule has 0 bridgehead atoms. The van der Waals surface area contributed by atoms with Crippen LogP contribution in [-0.2, 0) is 0 Å². The molecule has 0 spiro atoms. The number of nitrogen functional groups attached to an aromatic ring is 1. The lowest BCUT2D eigenvalue weighted by molar-refractivity contribution is 0.208. The molecule has 1 fully saturated rings. The van der Waals surface area contributed by atoms with Crippen LogP contribution in [0.1, 0.15) is 32.1 Å². The Morgan fingerprint density at radius 1 is 1.29 bits per heavy atom. The normalized spacial score (nSPS) is 17.1. The van der Waals surface area contributed by atoms with Crippen LogP contribution in [0.15, 0.2) is 16.6 Å². The third-order valence-corrected chi connectivity index (χ3v) is 3.81. The van der Waals surface area contributed by atoms with E-state index in [-0.39, 0.29) is 5.82 Å². The van der Waals surface area contributed by atoms with Crippen molar-refractivity contribution < 1.29 is 9.13 Å². The number of hydrogen-bond acceptors (Lipinski definition) is 2. The molecule has 1 aromatic carbocycles. The smallest absolute Gasteiger partial charge is 0.156 e. The molecule has 4 heteroatoms. The molecule has 1 aromatic rings. The standard InChI is InChI=1S/C13H17BrFNO/c14-11-6-10(15)7-12(16)13(11)17-8-9-4-2-1-3-5-9/h6-7,9H,1-5,8,16H2. The Bertz CT molecular complexity index is 368. The van der Waals surface area contributed by atoms with Crippen molar-refractivity contribution in [2.75, 3.05) is 12.3 Å². The molecule has 0 saturated heterocycles. The predicted octanol–water partition coefficient (Wildman–Crippen LogP) is 4.13. The Morgan fingerprint density at radius 3 is 2.65 bits per heavy atom. The van der Waals surface area contributed by atoms with Crippen LogP contribution in [0.3, 0.4) is 0 Å². The molecule has 2 rings (SSSR count). The van der Waals surface area contributed by atoms with Crippen LogP contribution in [-0.4, -0.2) is 6.61 Å². The fourth-order valence-electron chi connectivity index (χ4n) is 2.29. The Labute approximate surface area is 109 Å². The molecular weight excluding hydrogens is 285 g/mol. The van der Waals surface area contributed by atoms with Crippen LogP contribution in [0.4, 0.5) is 10.1 Å². The van der Waals surface area contributed by atoms with E-state index in [9.17, 15) is 4.39 Å². The molecule has 1 saturated carbocycles. The van der Waals surface area contributed by atoms with Crippen LogP contribution in [0.5, 0.6) is 5.75 Å². The third-order valence-electron chi connectivity index (χ3n) is 3.23. The average Bonchev–Trinajstić information content (AvgIpc) is 2.29. The van der Waals surface area contributed by atoms with Crippen molar-refractivity contribution in [2.45, 2.75) is 32.1 Å². The zero-order valence-corrected chi connectivity index (χ0v) is 11.3. The highest BCUT2D eigenvalue weighted by molar-refractivity contribution is 9.10. The van der Waals surface area contributed by atoms with E-state index in [2.05, 4.69) is 15.9 Å². The highest BCUT2D eigenvalue weighted by Crippen LogP contribution is 2.33. The summed E-state index contributed by atoms with van der Waals surface area (Å²) >= 11 is 3.28. The third kappa shape index (κ3) is 3.35. The monoisotopic (exact) mass is 301 g/mol. The summed E-state index contributed by atoms with van der Waals surface area (Å²) < 4.78 is 19.3. The summed E-state index contributed by atoms with van der Waals surface area (Å²) in [6.07, 6.45) is 6.35. The van der Waals surface area contributed by atoms with Crippen molar-refractivity contribution in [1.82, 2.24) is 0 Å². The molecule has 0 aromatic heterocycles. The van der Waals surface area contributed by atoms with Crippen LogP contribution in [0.2, 0.25) is 0 Å². The van der Waals surface area contributed by atoms with Gasteiger partial charge in [-0.25, -0.2) is 4.39 Å². The minimum Gasteiger partial charge on any atom is -0.490 e. The van der Waals surface area contributed by atoms with Gasteiger partial charge in [-0.3, -0.25) is 0 Å². The zero-order valence-electron chi connectivity index (χ0n) is 9.72. The number of ether oxygens (including phenoxy) is 1. The van der Waals surface area contributed by atoms with Gasteiger partial charge >= 0.3 is 0 Å². The van der Waals surface area contributed by atoms with Crippen molar-refractivity contribution in [3.63, 3.8) is 0 Å². The van der Waals surface area contributed by atoms with Gasteiger partial charge in [0.15, 0.2) is 5.75 Å². The van der Waals surface area contributed by atoms with Gasteiger partial charge in [0.25, 0.3) is 0 Å². The maximum absolute atomic E-state index is 13.0. The van der Waals surface area contributed by atoms with E-state index in [1.807, 2.05) is 0 Å². The molecule has 0 atom stereocenters. The first-order valence-electron chi connectivity index (χ1n) is 6.04. The number of rotatable bonds is 3. The second-order valence-electron chi connectivity index (χ2n) is 4.62. The van der Waals surface area contributed by atoms with Gasteiger partial charge in [0.05, 0.1) is 16.8 Å². The quantitative estimate of drug-likeness (QED) is 0.852. The van der Waals surface area contributed by atoms with E-state index in [4.69, 9.17) is 10.5 Å². The molecule has 1 aliphatic carbocycles. The van der Waals surface area contributed by atoms with Crippen LogP contribution >= 0.6 is 15.9 Å². The molecule has 0 aliphatic heterocycles. The van der Waals surface area contributed by atoms with Gasteiger partial charge in [-0.1, -0.05) is 19.3 Å². The number of anilines is 1. The van der Waals surface area contributed by atoms with E-state index >= 15 is 0 Å². The summed E-state index contributed by atoms with van der Waals surface area (Å²) in [5.41, 5.74) is 6.10. The number of nitrogens with two attached hydrogens (primary N) is 1. The highest BCUT2D eigenvalue weighted by Gasteiger charge is 2.16. The Kier molecular flexibility index (Phi) is 4.26. The van der Waals surface area contributed by atoms with Gasteiger partial charge in [-0.05, 0) is 40.8 Å². The fourth-order valence-corrected chi connectivity index (χ4v) is 2.85. The molecule has 1 aliphatic rings. The summed E-state index contributed by atoms with van der Waals surface area (Å²) in [6, 6.07) is 2.67. The van der Waals surface area contributed by atoms with Crippen molar-refractivity contribution >= 4 is 21.6 Å². The van der Waals surface area contributed by atoms with E-state index in [0.29, 0.717) is 28.4 Å². The Balaban J connectivity index is 1.98. The van der Waals surface area contributed by atoms with Crippen molar-refractivity contribution in [3.8, 4) is 5.75 Å². The molecule has 0 heterocycles. The topological polar surface area (TPSA) is 35.2 Å². The largest absolute Gasteiger partial charge is 0.490 e. The van der Waals surface area contributed by atoms with Gasteiger partial charge in [0, 0.05) is 6.07 Å². The molecular formula is C13H17BrFNO. The second-order valence-corrected chi connectivity index (χ2v) is 5.48. The molecule has 2 N–H and O–H groups in total. The van der Waals surface area contributed by atoms with Crippen LogP contribution in [0.25, 0.3) is 0 Å². The molecule has 2 nitrogen and oxygen atoms in total. The first-order chi connectivity index (χ1) is 8.16. The van der Waals surface area contributed by atoms with Crippen molar-refractivity contribution in [2.24, 2.45) is 5.92 Å². The zero-order chi connectivity index (χ0) is 12.3. The Morgan fingerprint density at radius 2 is 2.00 bits per heavy atom. The van der Waals surface area contributed by atoms with Gasteiger partial charge < -0.3 is 10.5 Å². The lowest BCUT2D eigenvalue weighted by Gasteiger charge is -2.22. The number of hydrogen-bond donors (Lipinski definition) is 1. The lowest BCUT2D eigenvalue weighted by atomic mass is 9.90. The average molecular weight is 302 g/mol. The first kappa shape index (κ1) is 12.7. The van der Waals surface area contributed by atoms with E-state index in [0.717, 1.165) is 0 Å². The maximum atomic E-state index is 13.0. The molecule has 0 amide bonds. The summed E-state index contributed by atoms with van der Waals surface area (Å²) in [5.74, 6) is 0.830. The summed E-state index contributed by atoms with van der Waals surface area (Å²) in [7, 11) is 0. The minimum absolute atomic E-state index is 0.348. The van der Waals surface area contributed by atoms with Crippen LogP contribution < -0.4 is 10.5 Å².